The first-order valence-corrected chi connectivity index (χ1v) is 10.7. The second-order valence-corrected chi connectivity index (χ2v) is 7.89. The summed E-state index contributed by atoms with van der Waals surface area (Å²) in [4.78, 5) is 4.53. The van der Waals surface area contributed by atoms with Gasteiger partial charge in [0.15, 0.2) is 16.6 Å². The Kier molecular flexibility index (Phi) is 8.06. The molecule has 168 valence electrons. The van der Waals surface area contributed by atoms with E-state index >= 15 is 0 Å². The summed E-state index contributed by atoms with van der Waals surface area (Å²) in [6.07, 6.45) is 0. The quantitative estimate of drug-likeness (QED) is 0.618. The predicted octanol–water partition coefficient (Wildman–Crippen LogP) is 3.89. The number of benzene rings is 2. The fourth-order valence-corrected chi connectivity index (χ4v) is 4.03. The average Bonchev–Trinajstić information content (AvgIpc) is 2.79. The highest BCUT2D eigenvalue weighted by molar-refractivity contribution is 7.80. The third kappa shape index (κ3) is 5.64. The van der Waals surface area contributed by atoms with Crippen LogP contribution in [-0.4, -0.2) is 69.5 Å². The van der Waals surface area contributed by atoms with Crippen molar-refractivity contribution in [3.8, 4) is 23.0 Å². The van der Waals surface area contributed by atoms with E-state index in [2.05, 4.69) is 15.1 Å². The van der Waals surface area contributed by atoms with Crippen molar-refractivity contribution in [2.24, 2.45) is 0 Å². The van der Waals surface area contributed by atoms with Gasteiger partial charge in [-0.1, -0.05) is 11.6 Å². The summed E-state index contributed by atoms with van der Waals surface area (Å²) in [6, 6.07) is 9.41. The number of methoxy groups -OCH3 is 4. The molecule has 1 fully saturated rings. The minimum atomic E-state index is 0.603. The van der Waals surface area contributed by atoms with E-state index in [1.165, 1.54) is 0 Å². The molecule has 1 aliphatic rings. The van der Waals surface area contributed by atoms with Crippen LogP contribution in [0.2, 0.25) is 5.02 Å². The highest BCUT2D eigenvalue weighted by atomic mass is 35.5. The topological polar surface area (TPSA) is 55.4 Å². The first-order chi connectivity index (χ1) is 15.0. The van der Waals surface area contributed by atoms with Gasteiger partial charge in [-0.3, -0.25) is 4.90 Å². The van der Waals surface area contributed by atoms with Crippen molar-refractivity contribution >= 4 is 34.6 Å². The molecule has 0 saturated carbocycles. The second-order valence-electron chi connectivity index (χ2n) is 7.07. The number of halogens is 1. The lowest BCUT2D eigenvalue weighted by atomic mass is 10.1. The highest BCUT2D eigenvalue weighted by Gasteiger charge is 2.21. The molecule has 0 bridgehead atoms. The van der Waals surface area contributed by atoms with E-state index in [0.29, 0.717) is 33.1 Å². The number of hydrogen-bond acceptors (Lipinski definition) is 6. The Hall–Kier alpha value is -2.42. The van der Waals surface area contributed by atoms with Gasteiger partial charge in [-0.25, -0.2) is 0 Å². The van der Waals surface area contributed by atoms with E-state index in [4.69, 9.17) is 42.8 Å². The third-order valence-corrected chi connectivity index (χ3v) is 5.79. The van der Waals surface area contributed by atoms with Gasteiger partial charge in [0.05, 0.1) is 34.1 Å². The summed E-state index contributed by atoms with van der Waals surface area (Å²) >= 11 is 11.7. The SMILES string of the molecule is COc1ccc(Cl)cc1NC(=S)N1CCN(Cc2cc(OC)c(OC)c(OC)c2)CC1. The zero-order valence-corrected chi connectivity index (χ0v) is 19.8. The molecular formula is C22H28ClN3O4S. The third-order valence-electron chi connectivity index (χ3n) is 5.19. The predicted molar refractivity (Wildman–Crippen MR) is 127 cm³/mol. The monoisotopic (exact) mass is 465 g/mol. The summed E-state index contributed by atoms with van der Waals surface area (Å²) < 4.78 is 21.7. The smallest absolute Gasteiger partial charge is 0.203 e. The van der Waals surface area contributed by atoms with Crippen molar-refractivity contribution in [3.05, 3.63) is 40.9 Å². The minimum absolute atomic E-state index is 0.603. The molecule has 31 heavy (non-hydrogen) atoms. The van der Waals surface area contributed by atoms with E-state index in [0.717, 1.165) is 44.0 Å². The summed E-state index contributed by atoms with van der Waals surface area (Å²) in [5, 5.41) is 4.55. The maximum absolute atomic E-state index is 6.12. The van der Waals surface area contributed by atoms with Crippen molar-refractivity contribution < 1.29 is 18.9 Å². The molecule has 0 aliphatic carbocycles. The lowest BCUT2D eigenvalue weighted by Gasteiger charge is -2.36. The Labute approximate surface area is 193 Å². The first-order valence-electron chi connectivity index (χ1n) is 9.89. The Balaban J connectivity index is 1.60. The molecule has 0 aromatic heterocycles. The van der Waals surface area contributed by atoms with Crippen LogP contribution in [0.1, 0.15) is 5.56 Å². The molecule has 1 saturated heterocycles. The van der Waals surface area contributed by atoms with Crippen molar-refractivity contribution in [1.82, 2.24) is 9.80 Å². The molecule has 1 aliphatic heterocycles. The lowest BCUT2D eigenvalue weighted by Crippen LogP contribution is -2.49. The molecule has 7 nitrogen and oxygen atoms in total. The van der Waals surface area contributed by atoms with Gasteiger partial charge in [0.1, 0.15) is 5.75 Å². The van der Waals surface area contributed by atoms with Crippen LogP contribution in [0.5, 0.6) is 23.0 Å². The number of hydrogen-bond donors (Lipinski definition) is 1. The fourth-order valence-electron chi connectivity index (χ4n) is 3.57. The van der Waals surface area contributed by atoms with Crippen molar-refractivity contribution in [2.75, 3.05) is 59.9 Å². The molecule has 3 rings (SSSR count). The molecular weight excluding hydrogens is 438 g/mol. The van der Waals surface area contributed by atoms with Gasteiger partial charge in [-0.2, -0.15) is 0 Å². The number of anilines is 1. The Morgan fingerprint density at radius 2 is 1.52 bits per heavy atom. The van der Waals surface area contributed by atoms with E-state index in [1.807, 2.05) is 24.3 Å². The van der Waals surface area contributed by atoms with Gasteiger partial charge in [0.25, 0.3) is 0 Å². The van der Waals surface area contributed by atoms with Crippen LogP contribution in [0.4, 0.5) is 5.69 Å². The molecule has 0 unspecified atom stereocenters. The van der Waals surface area contributed by atoms with E-state index < -0.39 is 0 Å². The summed E-state index contributed by atoms with van der Waals surface area (Å²) in [6.45, 7) is 4.18. The summed E-state index contributed by atoms with van der Waals surface area (Å²) in [5.41, 5.74) is 1.87. The van der Waals surface area contributed by atoms with E-state index in [9.17, 15) is 0 Å². The fraction of sp³-hybridized carbons (Fsp3) is 0.409. The summed E-state index contributed by atoms with van der Waals surface area (Å²) in [7, 11) is 6.49. The molecule has 1 heterocycles. The van der Waals surface area contributed by atoms with Crippen LogP contribution in [0.3, 0.4) is 0 Å². The summed E-state index contributed by atoms with van der Waals surface area (Å²) in [5.74, 6) is 2.63. The van der Waals surface area contributed by atoms with E-state index in [-0.39, 0.29) is 0 Å². The van der Waals surface area contributed by atoms with Crippen molar-refractivity contribution in [2.45, 2.75) is 6.54 Å². The van der Waals surface area contributed by atoms with Crippen molar-refractivity contribution in [3.63, 3.8) is 0 Å². The van der Waals surface area contributed by atoms with Gasteiger partial charge < -0.3 is 29.2 Å². The number of nitrogens with one attached hydrogen (secondary N) is 1. The number of nitrogens with zero attached hydrogens (tertiary/aromatic N) is 2. The standard InChI is InChI=1S/C22H28ClN3O4S/c1-27-18-6-5-16(23)13-17(18)24-22(31)26-9-7-25(8-10-26)14-15-11-19(28-2)21(30-4)20(12-15)29-3/h5-6,11-13H,7-10,14H2,1-4H3,(H,24,31). The van der Waals surface area contributed by atoms with Crippen LogP contribution in [0.15, 0.2) is 30.3 Å². The van der Waals surface area contributed by atoms with Crippen LogP contribution in [0, 0.1) is 0 Å². The van der Waals surface area contributed by atoms with Gasteiger partial charge in [-0.05, 0) is 48.1 Å². The maximum atomic E-state index is 6.12. The second kappa shape index (κ2) is 10.7. The Morgan fingerprint density at radius 3 is 2.06 bits per heavy atom. The van der Waals surface area contributed by atoms with Gasteiger partial charge >= 0.3 is 0 Å². The zero-order valence-electron chi connectivity index (χ0n) is 18.2. The van der Waals surface area contributed by atoms with E-state index in [1.54, 1.807) is 34.5 Å². The van der Waals surface area contributed by atoms with Crippen LogP contribution in [-0.2, 0) is 6.54 Å². The highest BCUT2D eigenvalue weighted by Crippen LogP contribution is 2.38. The lowest BCUT2D eigenvalue weighted by molar-refractivity contribution is 0.176. The molecule has 1 N–H and O–H groups in total. The number of thiocarbonyl (C=S) groups is 1. The molecule has 2 aromatic rings. The van der Waals surface area contributed by atoms with Crippen LogP contribution >= 0.6 is 23.8 Å². The van der Waals surface area contributed by atoms with Gasteiger partial charge in [-0.15, -0.1) is 0 Å². The largest absolute Gasteiger partial charge is 0.495 e. The normalized spacial score (nSPS) is 14.2. The zero-order chi connectivity index (χ0) is 22.4. The number of ether oxygens (including phenoxy) is 4. The molecule has 0 atom stereocenters. The van der Waals surface area contributed by atoms with Crippen molar-refractivity contribution in [1.29, 1.82) is 0 Å². The van der Waals surface area contributed by atoms with Crippen LogP contribution in [0.25, 0.3) is 0 Å². The van der Waals surface area contributed by atoms with Gasteiger partial charge in [0, 0.05) is 37.7 Å². The maximum Gasteiger partial charge on any atom is 0.203 e. The molecule has 9 heteroatoms. The molecule has 0 spiro atoms. The average molecular weight is 466 g/mol. The number of rotatable bonds is 7. The van der Waals surface area contributed by atoms with Gasteiger partial charge in [0.2, 0.25) is 5.75 Å². The molecule has 0 radical (unpaired) electrons. The minimum Gasteiger partial charge on any atom is -0.495 e. The molecule has 2 aromatic carbocycles. The Bertz CT molecular complexity index is 895. The Morgan fingerprint density at radius 1 is 0.903 bits per heavy atom. The van der Waals surface area contributed by atoms with Crippen LogP contribution < -0.4 is 24.3 Å². The number of piperazine rings is 1. The molecule has 0 amide bonds. The first kappa shape index (κ1) is 23.2.